The van der Waals surface area contributed by atoms with Gasteiger partial charge in [-0.1, -0.05) is 29.3 Å². The fourth-order valence-corrected chi connectivity index (χ4v) is 4.09. The molecule has 160 valence electrons. The fraction of sp³-hybridized carbons (Fsp3) is 0.0769. The maximum absolute atomic E-state index is 14.7. The molecule has 0 saturated carbocycles. The fourth-order valence-electron chi connectivity index (χ4n) is 3.44. The summed E-state index contributed by atoms with van der Waals surface area (Å²) in [6.07, 6.45) is 3.63. The van der Waals surface area contributed by atoms with Crippen LogP contribution >= 0.6 is 23.4 Å². The van der Waals surface area contributed by atoms with Crippen molar-refractivity contribution in [2.45, 2.75) is 11.8 Å². The van der Waals surface area contributed by atoms with E-state index >= 15 is 0 Å². The second-order valence-corrected chi connectivity index (χ2v) is 8.55. The minimum atomic E-state index is -0.369. The van der Waals surface area contributed by atoms with Crippen molar-refractivity contribution in [3.05, 3.63) is 101 Å². The Balaban J connectivity index is 1.73. The Morgan fingerprint density at radius 2 is 1.81 bits per heavy atom. The van der Waals surface area contributed by atoms with Crippen LogP contribution in [0.5, 0.6) is 0 Å². The Morgan fingerprint density at radius 1 is 0.969 bits per heavy atom. The van der Waals surface area contributed by atoms with Crippen molar-refractivity contribution in [1.29, 1.82) is 0 Å². The lowest BCUT2D eigenvalue weighted by Gasteiger charge is -2.14. The molecule has 4 aromatic rings. The number of amides is 1. The summed E-state index contributed by atoms with van der Waals surface area (Å²) in [6.45, 7) is 1.90. The van der Waals surface area contributed by atoms with Crippen LogP contribution in [0.15, 0.2) is 83.9 Å². The number of nitrogens with zero attached hydrogens (tertiary/aromatic N) is 1. The Hall–Kier alpha value is -3.15. The van der Waals surface area contributed by atoms with Crippen molar-refractivity contribution >= 4 is 35.0 Å². The first-order valence-corrected chi connectivity index (χ1v) is 11.5. The van der Waals surface area contributed by atoms with Gasteiger partial charge in [0.2, 0.25) is 0 Å². The van der Waals surface area contributed by atoms with Gasteiger partial charge >= 0.3 is 0 Å². The summed E-state index contributed by atoms with van der Waals surface area (Å²) in [6, 6.07) is 21.1. The molecule has 0 aliphatic carbocycles. The molecule has 4 rings (SSSR count). The van der Waals surface area contributed by atoms with E-state index in [9.17, 15) is 9.18 Å². The van der Waals surface area contributed by atoms with Crippen LogP contribution in [0.4, 0.5) is 10.1 Å². The van der Waals surface area contributed by atoms with Crippen LogP contribution in [0.2, 0.25) is 5.02 Å². The van der Waals surface area contributed by atoms with E-state index in [1.54, 1.807) is 42.6 Å². The first-order valence-electron chi connectivity index (χ1n) is 9.93. The van der Waals surface area contributed by atoms with Crippen LogP contribution < -0.4 is 5.32 Å². The molecular weight excluding hydrogens is 443 g/mol. The zero-order chi connectivity index (χ0) is 22.7. The average Bonchev–Trinajstić information content (AvgIpc) is 2.82. The van der Waals surface area contributed by atoms with E-state index in [1.165, 1.54) is 17.8 Å². The van der Waals surface area contributed by atoms with Crippen molar-refractivity contribution < 1.29 is 9.18 Å². The third-order valence-electron chi connectivity index (χ3n) is 5.05. The van der Waals surface area contributed by atoms with E-state index in [0.29, 0.717) is 38.7 Å². The van der Waals surface area contributed by atoms with Gasteiger partial charge in [-0.05, 0) is 79.4 Å². The van der Waals surface area contributed by atoms with E-state index < -0.39 is 0 Å². The predicted molar refractivity (Wildman–Crippen MR) is 131 cm³/mol. The van der Waals surface area contributed by atoms with Crippen LogP contribution in [0.3, 0.4) is 0 Å². The second-order valence-electron chi connectivity index (χ2n) is 7.26. The van der Waals surface area contributed by atoms with Gasteiger partial charge in [-0.3, -0.25) is 9.78 Å². The van der Waals surface area contributed by atoms with Crippen molar-refractivity contribution in [2.24, 2.45) is 0 Å². The van der Waals surface area contributed by atoms with Crippen LogP contribution in [0.25, 0.3) is 22.4 Å². The van der Waals surface area contributed by atoms with E-state index in [1.807, 2.05) is 43.5 Å². The highest BCUT2D eigenvalue weighted by Gasteiger charge is 2.17. The second kappa shape index (κ2) is 9.55. The minimum absolute atomic E-state index is 0.331. The molecule has 3 nitrogen and oxygen atoms in total. The third-order valence-corrected chi connectivity index (χ3v) is 6.10. The number of anilines is 1. The molecule has 0 unspecified atom stereocenters. The number of benzene rings is 3. The van der Waals surface area contributed by atoms with Gasteiger partial charge in [0.05, 0.1) is 10.7 Å². The molecule has 0 radical (unpaired) electrons. The van der Waals surface area contributed by atoms with Crippen LogP contribution in [-0.4, -0.2) is 17.1 Å². The number of pyridine rings is 1. The summed E-state index contributed by atoms with van der Waals surface area (Å²) in [5.41, 5.74) is 4.25. The molecule has 1 heterocycles. The lowest BCUT2D eigenvalue weighted by Crippen LogP contribution is -2.13. The molecule has 0 atom stereocenters. The standard InChI is InChI=1S/C26H20ClFN2OS/c1-16-6-11-24(28)21(13-16)20-15-18(32-2)8-9-19(20)26(31)30-17-7-10-23(27)22(14-17)25-5-3-4-12-29-25/h3-15H,1-2H3,(H,30,31). The molecule has 32 heavy (non-hydrogen) atoms. The number of nitrogens with one attached hydrogen (secondary N) is 1. The highest BCUT2D eigenvalue weighted by atomic mass is 35.5. The molecular formula is C26H20ClFN2OS. The van der Waals surface area contributed by atoms with Crippen molar-refractivity contribution in [3.8, 4) is 22.4 Å². The summed E-state index contributed by atoms with van der Waals surface area (Å²) in [5, 5.41) is 3.46. The monoisotopic (exact) mass is 462 g/mol. The molecule has 0 bridgehead atoms. The topological polar surface area (TPSA) is 42.0 Å². The number of carbonyl (C=O) groups is 1. The maximum atomic E-state index is 14.7. The molecule has 0 fully saturated rings. The van der Waals surface area contributed by atoms with Crippen molar-refractivity contribution in [1.82, 2.24) is 4.98 Å². The quantitative estimate of drug-likeness (QED) is 0.312. The Morgan fingerprint density at radius 3 is 2.56 bits per heavy atom. The van der Waals surface area contributed by atoms with Crippen molar-refractivity contribution in [3.63, 3.8) is 0 Å². The molecule has 3 aromatic carbocycles. The van der Waals surface area contributed by atoms with Crippen molar-refractivity contribution in [2.75, 3.05) is 11.6 Å². The summed E-state index contributed by atoms with van der Waals surface area (Å²) >= 11 is 7.90. The highest BCUT2D eigenvalue weighted by molar-refractivity contribution is 7.98. The molecule has 6 heteroatoms. The van der Waals surface area contributed by atoms with Gasteiger partial charge in [-0.25, -0.2) is 4.39 Å². The van der Waals surface area contributed by atoms with Gasteiger partial charge < -0.3 is 5.32 Å². The van der Waals surface area contributed by atoms with Gasteiger partial charge in [-0.2, -0.15) is 0 Å². The van der Waals surface area contributed by atoms with Crippen LogP contribution in [-0.2, 0) is 0 Å². The first-order chi connectivity index (χ1) is 15.5. The molecule has 0 aliphatic heterocycles. The number of thioether (sulfide) groups is 1. The van der Waals surface area contributed by atoms with E-state index in [2.05, 4.69) is 10.3 Å². The lowest BCUT2D eigenvalue weighted by molar-refractivity contribution is 0.102. The Bertz CT molecular complexity index is 1290. The smallest absolute Gasteiger partial charge is 0.256 e. The summed E-state index contributed by atoms with van der Waals surface area (Å²) in [5.74, 6) is -0.699. The normalized spacial score (nSPS) is 10.8. The zero-order valence-corrected chi connectivity index (χ0v) is 19.1. The lowest BCUT2D eigenvalue weighted by atomic mass is 9.97. The SMILES string of the molecule is CSc1ccc(C(=O)Nc2ccc(Cl)c(-c3ccccn3)c2)c(-c2cc(C)ccc2F)c1. The van der Waals surface area contributed by atoms with Crippen LogP contribution in [0.1, 0.15) is 15.9 Å². The van der Waals surface area contributed by atoms with Gasteiger partial charge in [0.25, 0.3) is 5.91 Å². The number of halogens is 2. The number of aromatic nitrogens is 1. The minimum Gasteiger partial charge on any atom is -0.322 e. The molecule has 1 amide bonds. The molecule has 0 saturated heterocycles. The van der Waals surface area contributed by atoms with Gasteiger partial charge in [-0.15, -0.1) is 11.8 Å². The predicted octanol–water partition coefficient (Wildman–Crippen LogP) is 7.49. The number of hydrogen-bond donors (Lipinski definition) is 1. The largest absolute Gasteiger partial charge is 0.322 e. The molecule has 1 N–H and O–H groups in total. The first kappa shape index (κ1) is 22.1. The van der Waals surface area contributed by atoms with Gasteiger partial charge in [0, 0.05) is 33.5 Å². The summed E-state index contributed by atoms with van der Waals surface area (Å²) in [4.78, 5) is 18.5. The third kappa shape index (κ3) is 4.69. The number of hydrogen-bond acceptors (Lipinski definition) is 3. The molecule has 1 aromatic heterocycles. The van der Waals surface area contributed by atoms with E-state index in [0.717, 1.165) is 10.5 Å². The highest BCUT2D eigenvalue weighted by Crippen LogP contribution is 2.33. The summed E-state index contributed by atoms with van der Waals surface area (Å²) in [7, 11) is 0. The number of aryl methyl sites for hydroxylation is 1. The number of rotatable bonds is 5. The Labute approximate surface area is 195 Å². The average molecular weight is 463 g/mol. The summed E-state index contributed by atoms with van der Waals surface area (Å²) < 4.78 is 14.7. The van der Waals surface area contributed by atoms with Gasteiger partial charge in [0.15, 0.2) is 0 Å². The molecule has 0 spiro atoms. The van der Waals surface area contributed by atoms with Crippen LogP contribution in [0, 0.1) is 12.7 Å². The molecule has 0 aliphatic rings. The van der Waals surface area contributed by atoms with Gasteiger partial charge in [0.1, 0.15) is 5.82 Å². The zero-order valence-electron chi connectivity index (χ0n) is 17.5. The number of carbonyl (C=O) groups excluding carboxylic acids is 1. The maximum Gasteiger partial charge on any atom is 0.256 e. The van der Waals surface area contributed by atoms with E-state index in [-0.39, 0.29) is 11.7 Å². The Kier molecular flexibility index (Phi) is 6.58. The van der Waals surface area contributed by atoms with E-state index in [4.69, 9.17) is 11.6 Å².